The Morgan fingerprint density at radius 1 is 1.17 bits per heavy atom. The molecule has 1 aromatic heterocycles. The van der Waals surface area contributed by atoms with Gasteiger partial charge in [0.05, 0.1) is 11.8 Å². The zero-order valence-corrected chi connectivity index (χ0v) is 16.0. The van der Waals surface area contributed by atoms with Crippen molar-refractivity contribution in [3.8, 4) is 0 Å². The van der Waals surface area contributed by atoms with Crippen molar-refractivity contribution in [1.29, 1.82) is 0 Å². The first-order valence-corrected chi connectivity index (χ1v) is 9.50. The number of halogens is 3. The lowest BCUT2D eigenvalue weighted by Crippen LogP contribution is -2.34. The number of nitrogens with zero attached hydrogens (tertiary/aromatic N) is 1. The van der Waals surface area contributed by atoms with E-state index in [1.807, 2.05) is 0 Å². The number of benzene rings is 2. The third-order valence-electron chi connectivity index (χ3n) is 4.60. The van der Waals surface area contributed by atoms with Crippen molar-refractivity contribution in [3.05, 3.63) is 70.2 Å². The Labute approximate surface area is 170 Å². The van der Waals surface area contributed by atoms with Crippen LogP contribution in [0.25, 0.3) is 11.0 Å². The van der Waals surface area contributed by atoms with Crippen LogP contribution in [0.5, 0.6) is 0 Å². The summed E-state index contributed by atoms with van der Waals surface area (Å²) < 4.78 is 38.1. The first-order valence-electron chi connectivity index (χ1n) is 9.12. The third-order valence-corrected chi connectivity index (χ3v) is 4.84. The van der Waals surface area contributed by atoms with Gasteiger partial charge in [-0.3, -0.25) is 4.79 Å². The van der Waals surface area contributed by atoms with Crippen molar-refractivity contribution < 1.29 is 22.7 Å². The number of hydrogen-bond acceptors (Lipinski definition) is 4. The Morgan fingerprint density at radius 2 is 2.03 bits per heavy atom. The first-order chi connectivity index (χ1) is 14.0. The van der Waals surface area contributed by atoms with Gasteiger partial charge >= 0.3 is 0 Å². The molecule has 150 valence electrons. The minimum absolute atomic E-state index is 0.0179. The molecule has 1 aliphatic heterocycles. The van der Waals surface area contributed by atoms with Crippen molar-refractivity contribution >= 4 is 34.2 Å². The van der Waals surface area contributed by atoms with Gasteiger partial charge in [-0.1, -0.05) is 11.6 Å². The van der Waals surface area contributed by atoms with Crippen LogP contribution in [0.2, 0.25) is 5.02 Å². The Bertz CT molecular complexity index is 1140. The average molecular weight is 419 g/mol. The molecule has 0 bridgehead atoms. The highest BCUT2D eigenvalue weighted by molar-refractivity contribution is 6.31. The van der Waals surface area contributed by atoms with Gasteiger partial charge in [0.25, 0.3) is 5.91 Å². The molecule has 1 atom stereocenters. The Kier molecular flexibility index (Phi) is 5.60. The highest BCUT2D eigenvalue weighted by Gasteiger charge is 2.18. The average Bonchev–Trinajstić information content (AvgIpc) is 3.22. The van der Waals surface area contributed by atoms with Crippen LogP contribution in [0.3, 0.4) is 0 Å². The summed E-state index contributed by atoms with van der Waals surface area (Å²) in [6.07, 6.45) is 1.81. The molecule has 0 spiro atoms. The quantitative estimate of drug-likeness (QED) is 0.678. The zero-order valence-electron chi connectivity index (χ0n) is 15.3. The smallest absolute Gasteiger partial charge is 0.256 e. The molecule has 0 unspecified atom stereocenters. The third kappa shape index (κ3) is 4.46. The summed E-state index contributed by atoms with van der Waals surface area (Å²) in [6.45, 7) is 1.04. The van der Waals surface area contributed by atoms with Crippen LogP contribution in [0.15, 0.2) is 51.9 Å². The summed E-state index contributed by atoms with van der Waals surface area (Å²) in [7, 11) is 0. The molecule has 3 aromatic rings. The Hall–Kier alpha value is -2.77. The van der Waals surface area contributed by atoms with Gasteiger partial charge in [-0.05, 0) is 49.2 Å². The Balaban J connectivity index is 1.76. The molecule has 8 heteroatoms. The lowest BCUT2D eigenvalue weighted by Gasteiger charge is -2.11. The second-order valence-corrected chi connectivity index (χ2v) is 7.14. The molecular formula is C21H17ClF2N2O3. The van der Waals surface area contributed by atoms with E-state index in [1.165, 1.54) is 6.07 Å². The SMILES string of the molecule is O=C(NC[C@H]1CCCO1)c1cc2cc(Cl)ccc2oc1=Nc1ccc(F)c(F)c1. The van der Waals surface area contributed by atoms with Crippen LogP contribution in [-0.2, 0) is 4.74 Å². The van der Waals surface area contributed by atoms with Gasteiger partial charge in [-0.15, -0.1) is 0 Å². The van der Waals surface area contributed by atoms with Gasteiger partial charge in [0.1, 0.15) is 11.1 Å². The number of carbonyl (C=O) groups is 1. The fourth-order valence-electron chi connectivity index (χ4n) is 3.13. The molecule has 0 aliphatic carbocycles. The van der Waals surface area contributed by atoms with E-state index in [4.69, 9.17) is 20.8 Å². The van der Waals surface area contributed by atoms with Crippen LogP contribution in [0.4, 0.5) is 14.5 Å². The molecular weight excluding hydrogens is 402 g/mol. The molecule has 1 N–H and O–H groups in total. The monoisotopic (exact) mass is 418 g/mol. The van der Waals surface area contributed by atoms with E-state index in [0.717, 1.165) is 25.0 Å². The largest absolute Gasteiger partial charge is 0.438 e. The number of rotatable bonds is 4. The van der Waals surface area contributed by atoms with Crippen molar-refractivity contribution in [2.24, 2.45) is 4.99 Å². The molecule has 4 rings (SSSR count). The maximum Gasteiger partial charge on any atom is 0.256 e. The molecule has 5 nitrogen and oxygen atoms in total. The summed E-state index contributed by atoms with van der Waals surface area (Å²) >= 11 is 6.04. The van der Waals surface area contributed by atoms with Gasteiger partial charge < -0.3 is 14.5 Å². The van der Waals surface area contributed by atoms with E-state index in [1.54, 1.807) is 24.3 Å². The van der Waals surface area contributed by atoms with E-state index >= 15 is 0 Å². The summed E-state index contributed by atoms with van der Waals surface area (Å²) in [5.41, 5.74) is 0.707. The topological polar surface area (TPSA) is 63.8 Å². The predicted molar refractivity (Wildman–Crippen MR) is 104 cm³/mol. The molecule has 2 heterocycles. The molecule has 0 radical (unpaired) electrons. The van der Waals surface area contributed by atoms with Crippen LogP contribution in [0.1, 0.15) is 23.2 Å². The molecule has 1 amide bonds. The van der Waals surface area contributed by atoms with Crippen LogP contribution in [0, 0.1) is 11.6 Å². The van der Waals surface area contributed by atoms with Gasteiger partial charge in [-0.2, -0.15) is 0 Å². The number of fused-ring (bicyclic) bond motifs is 1. The fraction of sp³-hybridized carbons (Fsp3) is 0.238. The summed E-state index contributed by atoms with van der Waals surface area (Å²) in [5.74, 6) is -2.43. The van der Waals surface area contributed by atoms with Crippen molar-refractivity contribution in [2.75, 3.05) is 13.2 Å². The summed E-state index contributed by atoms with van der Waals surface area (Å²) in [6, 6.07) is 9.76. The zero-order chi connectivity index (χ0) is 20.4. The number of nitrogens with one attached hydrogen (secondary N) is 1. The maximum absolute atomic E-state index is 13.6. The molecule has 1 aliphatic rings. The number of ether oxygens (including phenoxy) is 1. The normalized spacial score (nSPS) is 17.1. The molecule has 2 aromatic carbocycles. The van der Waals surface area contributed by atoms with E-state index < -0.39 is 17.5 Å². The highest BCUT2D eigenvalue weighted by Crippen LogP contribution is 2.20. The van der Waals surface area contributed by atoms with Crippen LogP contribution in [-0.4, -0.2) is 25.2 Å². The fourth-order valence-corrected chi connectivity index (χ4v) is 3.31. The van der Waals surface area contributed by atoms with E-state index in [-0.39, 0.29) is 22.9 Å². The number of hydrogen-bond donors (Lipinski definition) is 1. The highest BCUT2D eigenvalue weighted by atomic mass is 35.5. The van der Waals surface area contributed by atoms with Gasteiger partial charge in [0.15, 0.2) is 11.6 Å². The minimum Gasteiger partial charge on any atom is -0.438 e. The minimum atomic E-state index is -1.04. The van der Waals surface area contributed by atoms with Crippen molar-refractivity contribution in [3.63, 3.8) is 0 Å². The van der Waals surface area contributed by atoms with Gasteiger partial charge in [0, 0.05) is 29.6 Å². The van der Waals surface area contributed by atoms with Crippen molar-refractivity contribution in [1.82, 2.24) is 5.32 Å². The van der Waals surface area contributed by atoms with Crippen LogP contribution >= 0.6 is 11.6 Å². The standard InChI is InChI=1S/C21H17ClF2N2O3/c22-13-3-6-19-12(8-13)9-16(20(27)25-11-15-2-1-7-28-15)21(29-19)26-14-4-5-17(23)18(24)10-14/h3-6,8-10,15H,1-2,7,11H2,(H,25,27)/t15-/m1/s1. The van der Waals surface area contributed by atoms with Crippen molar-refractivity contribution in [2.45, 2.75) is 18.9 Å². The lowest BCUT2D eigenvalue weighted by atomic mass is 10.1. The van der Waals surface area contributed by atoms with Crippen LogP contribution < -0.4 is 10.9 Å². The summed E-state index contributed by atoms with van der Waals surface area (Å²) in [5, 5.41) is 3.92. The molecule has 1 saturated heterocycles. The molecule has 0 saturated carbocycles. The first kappa shape index (κ1) is 19.5. The number of amides is 1. The second-order valence-electron chi connectivity index (χ2n) is 6.70. The number of carbonyl (C=O) groups excluding carboxylic acids is 1. The molecule has 29 heavy (non-hydrogen) atoms. The van der Waals surface area contributed by atoms with E-state index in [0.29, 0.717) is 29.1 Å². The predicted octanol–water partition coefficient (Wildman–Crippen LogP) is 4.51. The second kappa shape index (κ2) is 8.31. The maximum atomic E-state index is 13.6. The Morgan fingerprint density at radius 3 is 2.79 bits per heavy atom. The van der Waals surface area contributed by atoms with E-state index in [2.05, 4.69) is 10.3 Å². The van der Waals surface area contributed by atoms with Gasteiger partial charge in [0.2, 0.25) is 5.55 Å². The van der Waals surface area contributed by atoms with Gasteiger partial charge in [-0.25, -0.2) is 13.8 Å². The summed E-state index contributed by atoms with van der Waals surface area (Å²) in [4.78, 5) is 17.0. The van der Waals surface area contributed by atoms with E-state index in [9.17, 15) is 13.6 Å². The lowest BCUT2D eigenvalue weighted by molar-refractivity contribution is 0.0854. The molecule has 1 fully saturated rings.